The molecule has 0 spiro atoms. The van der Waals surface area contributed by atoms with Crippen LogP contribution in [0.15, 0.2) is 11.0 Å². The number of halogens is 4. The lowest BCUT2D eigenvalue weighted by Crippen LogP contribution is -2.23. The minimum absolute atomic E-state index is 0.000717. The molecule has 0 saturated heterocycles. The molecule has 1 N–H and O–H groups in total. The van der Waals surface area contributed by atoms with Gasteiger partial charge in [0.05, 0.1) is 13.5 Å². The van der Waals surface area contributed by atoms with Gasteiger partial charge in [-0.25, -0.2) is 0 Å². The first-order chi connectivity index (χ1) is 8.24. The van der Waals surface area contributed by atoms with Crippen LogP contribution in [0.3, 0.4) is 0 Å². The second kappa shape index (κ2) is 5.59. The minimum atomic E-state index is -4.90. The zero-order valence-electron chi connectivity index (χ0n) is 8.93. The molecule has 0 fully saturated rings. The Morgan fingerprint density at radius 1 is 1.50 bits per heavy atom. The van der Waals surface area contributed by atoms with Gasteiger partial charge in [-0.05, 0) is 22.6 Å². The highest BCUT2D eigenvalue weighted by Crippen LogP contribution is 2.23. The van der Waals surface area contributed by atoms with E-state index in [0.717, 1.165) is 13.3 Å². The molecule has 1 aromatic heterocycles. The molecule has 100 valence electrons. The Hall–Kier alpha value is -1.26. The number of pyridine rings is 1. The second-order valence-electron chi connectivity index (χ2n) is 3.09. The van der Waals surface area contributed by atoms with Crippen LogP contribution >= 0.6 is 22.6 Å². The van der Waals surface area contributed by atoms with E-state index in [4.69, 9.17) is 0 Å². The summed E-state index contributed by atoms with van der Waals surface area (Å²) in [6.45, 7) is 0. The van der Waals surface area contributed by atoms with Gasteiger partial charge in [-0.15, -0.1) is 13.2 Å². The van der Waals surface area contributed by atoms with Crippen molar-refractivity contribution in [3.63, 3.8) is 0 Å². The quantitative estimate of drug-likeness (QED) is 0.642. The molecule has 0 unspecified atom stereocenters. The summed E-state index contributed by atoms with van der Waals surface area (Å²) in [5.41, 5.74) is -0.709. The van der Waals surface area contributed by atoms with E-state index in [2.05, 4.69) is 14.5 Å². The molecule has 0 amide bonds. The van der Waals surface area contributed by atoms with Crippen LogP contribution < -0.4 is 10.2 Å². The summed E-state index contributed by atoms with van der Waals surface area (Å²) in [5.74, 6) is -1.37. The van der Waals surface area contributed by atoms with Gasteiger partial charge in [-0.3, -0.25) is 9.59 Å². The van der Waals surface area contributed by atoms with E-state index in [1.807, 2.05) is 0 Å². The fourth-order valence-electron chi connectivity index (χ4n) is 1.07. The predicted molar refractivity (Wildman–Crippen MR) is 62.2 cm³/mol. The Morgan fingerprint density at radius 2 is 2.11 bits per heavy atom. The van der Waals surface area contributed by atoms with Crippen LogP contribution in [-0.2, 0) is 16.0 Å². The summed E-state index contributed by atoms with van der Waals surface area (Å²) in [4.78, 5) is 24.8. The number of aromatic nitrogens is 1. The average Bonchev–Trinajstić information content (AvgIpc) is 2.27. The molecule has 18 heavy (non-hydrogen) atoms. The SMILES string of the molecule is COC(=O)Cc1c[nH]c(OC(F)(F)F)c(I)c1=O. The van der Waals surface area contributed by atoms with Gasteiger partial charge in [0.2, 0.25) is 11.3 Å². The Morgan fingerprint density at radius 3 is 2.61 bits per heavy atom. The molecule has 9 heteroatoms. The molecule has 0 aromatic carbocycles. The number of methoxy groups -OCH3 is 1. The van der Waals surface area contributed by atoms with E-state index >= 15 is 0 Å². The zero-order valence-corrected chi connectivity index (χ0v) is 11.1. The number of aromatic amines is 1. The fraction of sp³-hybridized carbons (Fsp3) is 0.333. The van der Waals surface area contributed by atoms with E-state index in [1.54, 1.807) is 0 Å². The number of carbonyl (C=O) groups is 1. The lowest BCUT2D eigenvalue weighted by molar-refractivity contribution is -0.276. The molecule has 1 heterocycles. The number of ether oxygens (including phenoxy) is 2. The van der Waals surface area contributed by atoms with E-state index in [1.165, 1.54) is 22.6 Å². The van der Waals surface area contributed by atoms with Gasteiger partial charge >= 0.3 is 12.3 Å². The maximum atomic E-state index is 12.0. The van der Waals surface area contributed by atoms with Gasteiger partial charge in [0.1, 0.15) is 3.57 Å². The number of esters is 1. The van der Waals surface area contributed by atoms with Crippen LogP contribution in [0.5, 0.6) is 5.88 Å². The van der Waals surface area contributed by atoms with Crippen LogP contribution in [-0.4, -0.2) is 24.4 Å². The standard InChI is InChI=1S/C9H7F3INO4/c1-17-5(15)2-4-3-14-8(6(13)7(4)16)18-9(10,11)12/h3H,2H2,1H3,(H,14,16). The highest BCUT2D eigenvalue weighted by atomic mass is 127. The van der Waals surface area contributed by atoms with Crippen LogP contribution in [0.4, 0.5) is 13.2 Å². The second-order valence-corrected chi connectivity index (χ2v) is 4.17. The zero-order chi connectivity index (χ0) is 13.9. The molecule has 0 aliphatic heterocycles. The molecule has 1 aromatic rings. The van der Waals surface area contributed by atoms with E-state index in [-0.39, 0.29) is 15.6 Å². The van der Waals surface area contributed by atoms with Crippen molar-refractivity contribution in [2.45, 2.75) is 12.8 Å². The first kappa shape index (κ1) is 14.8. The summed E-state index contributed by atoms with van der Waals surface area (Å²) in [5, 5.41) is 0. The highest BCUT2D eigenvalue weighted by Gasteiger charge is 2.33. The van der Waals surface area contributed by atoms with Crippen molar-refractivity contribution in [1.82, 2.24) is 4.98 Å². The molecule has 0 bridgehead atoms. The molecule has 0 radical (unpaired) electrons. The molecular weight excluding hydrogens is 370 g/mol. The van der Waals surface area contributed by atoms with Crippen molar-refractivity contribution in [3.8, 4) is 5.88 Å². The summed E-state index contributed by atoms with van der Waals surface area (Å²) < 4.78 is 43.7. The Balaban J connectivity index is 3.06. The third kappa shape index (κ3) is 3.89. The molecule has 1 rings (SSSR count). The van der Waals surface area contributed by atoms with Crippen molar-refractivity contribution in [2.24, 2.45) is 0 Å². The normalized spacial score (nSPS) is 11.2. The predicted octanol–water partition coefficient (Wildman–Crippen LogP) is 1.59. The maximum absolute atomic E-state index is 12.0. The van der Waals surface area contributed by atoms with Crippen LogP contribution in [0.2, 0.25) is 0 Å². The number of alkyl halides is 3. The van der Waals surface area contributed by atoms with E-state index in [0.29, 0.717) is 0 Å². The van der Waals surface area contributed by atoms with E-state index < -0.39 is 23.6 Å². The van der Waals surface area contributed by atoms with Gasteiger partial charge in [0.25, 0.3) is 0 Å². The Bertz CT molecular complexity index is 512. The number of carbonyl (C=O) groups excluding carboxylic acids is 1. The molecule has 0 aliphatic carbocycles. The number of hydrogen-bond donors (Lipinski definition) is 1. The lowest BCUT2D eigenvalue weighted by atomic mass is 10.2. The summed E-state index contributed by atoms with van der Waals surface area (Å²) in [6.07, 6.45) is -4.23. The van der Waals surface area contributed by atoms with Gasteiger partial charge in [-0.2, -0.15) is 0 Å². The third-order valence-electron chi connectivity index (χ3n) is 1.85. The van der Waals surface area contributed by atoms with Crippen molar-refractivity contribution in [2.75, 3.05) is 7.11 Å². The van der Waals surface area contributed by atoms with Crippen LogP contribution in [0.25, 0.3) is 0 Å². The van der Waals surface area contributed by atoms with Crippen molar-refractivity contribution in [1.29, 1.82) is 0 Å². The Kier molecular flexibility index (Phi) is 4.59. The maximum Gasteiger partial charge on any atom is 0.574 e. The number of nitrogens with one attached hydrogen (secondary N) is 1. The first-order valence-electron chi connectivity index (χ1n) is 4.47. The fourth-order valence-corrected chi connectivity index (χ4v) is 1.69. The average molecular weight is 377 g/mol. The molecule has 0 saturated carbocycles. The number of hydrogen-bond acceptors (Lipinski definition) is 4. The summed E-state index contributed by atoms with van der Waals surface area (Å²) >= 11 is 1.41. The van der Waals surface area contributed by atoms with Crippen LogP contribution in [0.1, 0.15) is 5.56 Å². The summed E-state index contributed by atoms with van der Waals surface area (Å²) in [6, 6.07) is 0. The molecule has 5 nitrogen and oxygen atoms in total. The smallest absolute Gasteiger partial charge is 0.469 e. The van der Waals surface area contributed by atoms with Crippen LogP contribution in [0, 0.1) is 3.57 Å². The largest absolute Gasteiger partial charge is 0.574 e. The highest BCUT2D eigenvalue weighted by molar-refractivity contribution is 14.1. The third-order valence-corrected chi connectivity index (χ3v) is 2.83. The number of H-pyrrole nitrogens is 1. The molecular formula is C9H7F3INO4. The van der Waals surface area contributed by atoms with Gasteiger partial charge in [0, 0.05) is 11.8 Å². The van der Waals surface area contributed by atoms with Crippen molar-refractivity contribution >= 4 is 28.6 Å². The molecule has 0 atom stereocenters. The van der Waals surface area contributed by atoms with Gasteiger partial charge in [0.15, 0.2) is 0 Å². The minimum Gasteiger partial charge on any atom is -0.469 e. The first-order valence-corrected chi connectivity index (χ1v) is 5.55. The van der Waals surface area contributed by atoms with Gasteiger partial charge < -0.3 is 14.5 Å². The van der Waals surface area contributed by atoms with Crippen molar-refractivity contribution < 1.29 is 27.4 Å². The van der Waals surface area contributed by atoms with Crippen molar-refractivity contribution in [3.05, 3.63) is 25.6 Å². The van der Waals surface area contributed by atoms with Gasteiger partial charge in [-0.1, -0.05) is 0 Å². The monoisotopic (exact) mass is 377 g/mol. The van der Waals surface area contributed by atoms with E-state index in [9.17, 15) is 22.8 Å². The topological polar surface area (TPSA) is 68.4 Å². The Labute approximate surface area is 112 Å². The number of rotatable bonds is 3. The lowest BCUT2D eigenvalue weighted by Gasteiger charge is -2.10. The summed E-state index contributed by atoms with van der Waals surface area (Å²) in [7, 11) is 1.14. The molecule has 0 aliphatic rings.